The predicted octanol–water partition coefficient (Wildman–Crippen LogP) is 1.10. The van der Waals surface area contributed by atoms with E-state index in [1.54, 1.807) is 6.08 Å². The molecular weight excluding hydrogens is 128 g/mol. The van der Waals surface area contributed by atoms with Crippen LogP contribution in [0, 0.1) is 0 Å². The van der Waals surface area contributed by atoms with Crippen molar-refractivity contribution in [3.05, 3.63) is 12.2 Å². The van der Waals surface area contributed by atoms with Crippen molar-refractivity contribution in [2.24, 2.45) is 0 Å². The lowest BCUT2D eigenvalue weighted by Crippen LogP contribution is -2.16. The molecule has 1 unspecified atom stereocenters. The van der Waals surface area contributed by atoms with Crippen LogP contribution in [0.15, 0.2) is 12.2 Å². The minimum Gasteiger partial charge on any atom is -0.389 e. The van der Waals surface area contributed by atoms with Crippen LogP contribution in [0.5, 0.6) is 0 Å². The van der Waals surface area contributed by atoms with Gasteiger partial charge >= 0.3 is 0 Å². The van der Waals surface area contributed by atoms with Crippen LogP contribution in [-0.4, -0.2) is 23.9 Å². The molecule has 0 spiro atoms. The van der Waals surface area contributed by atoms with Crippen molar-refractivity contribution in [3.63, 3.8) is 0 Å². The SMILES string of the molecule is CC[C@H]1CC(O)C=CCO1. The van der Waals surface area contributed by atoms with Crippen molar-refractivity contribution in [1.82, 2.24) is 0 Å². The summed E-state index contributed by atoms with van der Waals surface area (Å²) in [7, 11) is 0. The van der Waals surface area contributed by atoms with Crippen LogP contribution in [0.1, 0.15) is 19.8 Å². The van der Waals surface area contributed by atoms with Gasteiger partial charge in [0.2, 0.25) is 0 Å². The van der Waals surface area contributed by atoms with E-state index in [0.717, 1.165) is 12.8 Å². The van der Waals surface area contributed by atoms with Crippen molar-refractivity contribution in [2.45, 2.75) is 32.0 Å². The Kier molecular flexibility index (Phi) is 2.90. The van der Waals surface area contributed by atoms with Crippen LogP contribution >= 0.6 is 0 Å². The first-order valence-corrected chi connectivity index (χ1v) is 3.79. The molecule has 2 nitrogen and oxygen atoms in total. The van der Waals surface area contributed by atoms with E-state index in [-0.39, 0.29) is 12.2 Å². The highest BCUT2D eigenvalue weighted by molar-refractivity contribution is 4.92. The summed E-state index contributed by atoms with van der Waals surface area (Å²) >= 11 is 0. The number of hydrogen-bond acceptors (Lipinski definition) is 2. The third-order valence-corrected chi connectivity index (χ3v) is 1.75. The number of ether oxygens (including phenoxy) is 1. The van der Waals surface area contributed by atoms with Gasteiger partial charge in [-0.1, -0.05) is 19.1 Å². The Morgan fingerprint density at radius 3 is 3.20 bits per heavy atom. The molecule has 2 atom stereocenters. The second-order valence-electron chi connectivity index (χ2n) is 2.59. The molecule has 0 aromatic rings. The van der Waals surface area contributed by atoms with Crippen LogP contribution in [0.25, 0.3) is 0 Å². The van der Waals surface area contributed by atoms with Crippen molar-refractivity contribution < 1.29 is 9.84 Å². The van der Waals surface area contributed by atoms with Crippen LogP contribution in [0.3, 0.4) is 0 Å². The molecule has 58 valence electrons. The summed E-state index contributed by atoms with van der Waals surface area (Å²) in [5.74, 6) is 0. The molecule has 0 fully saturated rings. The van der Waals surface area contributed by atoms with Gasteiger partial charge in [-0.15, -0.1) is 0 Å². The van der Waals surface area contributed by atoms with Crippen LogP contribution < -0.4 is 0 Å². The standard InChI is InChI=1S/C8H14O2/c1-2-8-6-7(9)4-3-5-10-8/h3-4,7-9H,2,5-6H2,1H3/t7?,8-/m0/s1. The van der Waals surface area contributed by atoms with E-state index in [1.807, 2.05) is 6.08 Å². The minimum absolute atomic E-state index is 0.241. The maximum Gasteiger partial charge on any atom is 0.0746 e. The lowest BCUT2D eigenvalue weighted by Gasteiger charge is -2.13. The van der Waals surface area contributed by atoms with E-state index in [1.165, 1.54) is 0 Å². The van der Waals surface area contributed by atoms with Crippen molar-refractivity contribution in [2.75, 3.05) is 6.61 Å². The van der Waals surface area contributed by atoms with Gasteiger partial charge in [-0.25, -0.2) is 0 Å². The molecule has 0 aromatic carbocycles. The summed E-state index contributed by atoms with van der Waals surface area (Å²) in [4.78, 5) is 0. The van der Waals surface area contributed by atoms with Gasteiger partial charge in [0.25, 0.3) is 0 Å². The Morgan fingerprint density at radius 1 is 1.70 bits per heavy atom. The molecule has 2 heteroatoms. The molecule has 0 saturated carbocycles. The zero-order valence-electron chi connectivity index (χ0n) is 6.29. The normalized spacial score (nSPS) is 33.8. The van der Waals surface area contributed by atoms with E-state index in [2.05, 4.69) is 6.92 Å². The van der Waals surface area contributed by atoms with Crippen molar-refractivity contribution in [1.29, 1.82) is 0 Å². The van der Waals surface area contributed by atoms with Crippen molar-refractivity contribution >= 4 is 0 Å². The van der Waals surface area contributed by atoms with E-state index in [4.69, 9.17) is 4.74 Å². The minimum atomic E-state index is -0.299. The molecule has 1 heterocycles. The predicted molar refractivity (Wildman–Crippen MR) is 39.8 cm³/mol. The van der Waals surface area contributed by atoms with E-state index >= 15 is 0 Å². The van der Waals surface area contributed by atoms with Crippen molar-refractivity contribution in [3.8, 4) is 0 Å². The van der Waals surface area contributed by atoms with E-state index in [0.29, 0.717) is 6.61 Å². The van der Waals surface area contributed by atoms with Gasteiger partial charge in [-0.3, -0.25) is 0 Å². The van der Waals surface area contributed by atoms with Gasteiger partial charge in [0.15, 0.2) is 0 Å². The number of aliphatic hydroxyl groups is 1. The zero-order valence-corrected chi connectivity index (χ0v) is 6.29. The summed E-state index contributed by atoms with van der Waals surface area (Å²) in [6.07, 6.45) is 5.35. The molecule has 10 heavy (non-hydrogen) atoms. The molecular formula is C8H14O2. The van der Waals surface area contributed by atoms with E-state index < -0.39 is 0 Å². The first kappa shape index (κ1) is 7.76. The third kappa shape index (κ3) is 2.12. The topological polar surface area (TPSA) is 29.5 Å². The van der Waals surface area contributed by atoms with Crippen LogP contribution in [0.2, 0.25) is 0 Å². The number of rotatable bonds is 1. The highest BCUT2D eigenvalue weighted by Gasteiger charge is 2.12. The van der Waals surface area contributed by atoms with Gasteiger partial charge in [0, 0.05) is 6.42 Å². The molecule has 1 N–H and O–H groups in total. The molecule has 0 aromatic heterocycles. The maximum absolute atomic E-state index is 9.22. The Labute approximate surface area is 61.5 Å². The maximum atomic E-state index is 9.22. The van der Waals surface area contributed by atoms with Gasteiger partial charge in [-0.05, 0) is 6.42 Å². The lowest BCUT2D eigenvalue weighted by molar-refractivity contribution is 0.0454. The summed E-state index contributed by atoms with van der Waals surface area (Å²) in [6, 6.07) is 0. The zero-order chi connectivity index (χ0) is 7.40. The quantitative estimate of drug-likeness (QED) is 0.555. The monoisotopic (exact) mass is 142 g/mol. The molecule has 0 amide bonds. The average Bonchev–Trinajstić information content (AvgIpc) is 2.13. The Hall–Kier alpha value is -0.340. The fourth-order valence-electron chi connectivity index (χ4n) is 1.10. The molecule has 0 radical (unpaired) electrons. The summed E-state index contributed by atoms with van der Waals surface area (Å²) < 4.78 is 5.38. The molecule has 1 aliphatic heterocycles. The average molecular weight is 142 g/mol. The molecule has 0 bridgehead atoms. The summed E-state index contributed by atoms with van der Waals surface area (Å²) in [5, 5.41) is 9.22. The molecule has 0 aliphatic carbocycles. The highest BCUT2D eigenvalue weighted by atomic mass is 16.5. The fraction of sp³-hybridized carbons (Fsp3) is 0.750. The summed E-state index contributed by atoms with van der Waals surface area (Å²) in [6.45, 7) is 2.72. The first-order valence-electron chi connectivity index (χ1n) is 3.79. The third-order valence-electron chi connectivity index (χ3n) is 1.75. The highest BCUT2D eigenvalue weighted by Crippen LogP contribution is 2.11. The Bertz CT molecular complexity index is 120. The van der Waals surface area contributed by atoms with Gasteiger partial charge in [0.1, 0.15) is 0 Å². The lowest BCUT2D eigenvalue weighted by atomic mass is 10.1. The second kappa shape index (κ2) is 3.74. The first-order chi connectivity index (χ1) is 4.83. The smallest absolute Gasteiger partial charge is 0.0746 e. The van der Waals surface area contributed by atoms with Crippen LogP contribution in [0.4, 0.5) is 0 Å². The number of aliphatic hydroxyl groups excluding tert-OH is 1. The second-order valence-corrected chi connectivity index (χ2v) is 2.59. The molecule has 1 aliphatic rings. The molecule has 0 saturated heterocycles. The van der Waals surface area contributed by atoms with Gasteiger partial charge < -0.3 is 9.84 Å². The Balaban J connectivity index is 2.39. The van der Waals surface area contributed by atoms with E-state index in [9.17, 15) is 5.11 Å². The molecule has 1 rings (SSSR count). The number of hydrogen-bond donors (Lipinski definition) is 1. The Morgan fingerprint density at radius 2 is 2.50 bits per heavy atom. The fourth-order valence-corrected chi connectivity index (χ4v) is 1.10. The van der Waals surface area contributed by atoms with Crippen LogP contribution in [-0.2, 0) is 4.74 Å². The largest absolute Gasteiger partial charge is 0.389 e. The van der Waals surface area contributed by atoms with Gasteiger partial charge in [0.05, 0.1) is 18.8 Å². The summed E-state index contributed by atoms with van der Waals surface area (Å²) in [5.41, 5.74) is 0. The van der Waals surface area contributed by atoms with Gasteiger partial charge in [-0.2, -0.15) is 0 Å².